The number of nitrogens with zero attached hydrogens (tertiary/aromatic N) is 2. The van der Waals surface area contributed by atoms with Gasteiger partial charge in [0.1, 0.15) is 5.54 Å². The van der Waals surface area contributed by atoms with Crippen LogP contribution in [0.3, 0.4) is 0 Å². The molecule has 6 heteroatoms. The fourth-order valence-corrected chi connectivity index (χ4v) is 4.76. The smallest absolute Gasteiger partial charge is 0.292 e. The molecular formula is C24H22N4O2. The van der Waals surface area contributed by atoms with E-state index in [4.69, 9.17) is 0 Å². The number of fused-ring (bicyclic) bond motifs is 5. The molecule has 5 rings (SSSR count). The third kappa shape index (κ3) is 2.76. The van der Waals surface area contributed by atoms with Crippen LogP contribution in [0.15, 0.2) is 71.8 Å². The van der Waals surface area contributed by atoms with Crippen molar-refractivity contribution in [3.63, 3.8) is 0 Å². The summed E-state index contributed by atoms with van der Waals surface area (Å²) in [7, 11) is 0. The van der Waals surface area contributed by atoms with Crippen LogP contribution in [0.5, 0.6) is 0 Å². The minimum absolute atomic E-state index is 0.114. The first kappa shape index (κ1) is 18.4. The van der Waals surface area contributed by atoms with E-state index in [1.54, 1.807) is 12.4 Å². The monoisotopic (exact) mass is 398 g/mol. The summed E-state index contributed by atoms with van der Waals surface area (Å²) < 4.78 is 1.83. The number of rotatable bonds is 5. The summed E-state index contributed by atoms with van der Waals surface area (Å²) in [5.41, 5.74) is 4.16. The Hall–Kier alpha value is -3.67. The number of aryl methyl sites for hydroxylation is 1. The van der Waals surface area contributed by atoms with Crippen LogP contribution in [0.2, 0.25) is 0 Å². The maximum absolute atomic E-state index is 12.6. The zero-order valence-electron chi connectivity index (χ0n) is 16.7. The summed E-state index contributed by atoms with van der Waals surface area (Å²) in [4.78, 5) is 32.3. The highest BCUT2D eigenvalue weighted by Gasteiger charge is 2.46. The molecule has 1 aliphatic carbocycles. The number of aromatic nitrogens is 3. The average Bonchev–Trinajstić information content (AvgIpc) is 3.32. The molecule has 2 aromatic heterocycles. The first-order chi connectivity index (χ1) is 14.6. The average molecular weight is 398 g/mol. The van der Waals surface area contributed by atoms with Crippen molar-refractivity contribution in [1.82, 2.24) is 19.7 Å². The molecule has 1 amide bonds. The lowest BCUT2D eigenvalue weighted by atomic mass is 9.84. The van der Waals surface area contributed by atoms with Crippen molar-refractivity contribution in [1.29, 1.82) is 0 Å². The van der Waals surface area contributed by atoms with Gasteiger partial charge in [-0.05, 0) is 30.4 Å². The molecule has 30 heavy (non-hydrogen) atoms. The number of imidazole rings is 1. The van der Waals surface area contributed by atoms with E-state index < -0.39 is 5.54 Å². The fraction of sp³-hybridized carbons (Fsp3) is 0.208. The lowest BCUT2D eigenvalue weighted by Gasteiger charge is -2.33. The fourth-order valence-electron chi connectivity index (χ4n) is 4.76. The summed E-state index contributed by atoms with van der Waals surface area (Å²) in [6.45, 7) is 1.54. The van der Waals surface area contributed by atoms with Gasteiger partial charge in [-0.15, -0.1) is 0 Å². The number of H-pyrrole nitrogens is 1. The summed E-state index contributed by atoms with van der Waals surface area (Å²) in [5, 5.41) is 3.25. The van der Waals surface area contributed by atoms with Crippen LogP contribution < -0.4 is 10.9 Å². The van der Waals surface area contributed by atoms with E-state index >= 15 is 0 Å². The van der Waals surface area contributed by atoms with Crippen LogP contribution in [-0.4, -0.2) is 20.3 Å². The number of aromatic amines is 1. The highest BCUT2D eigenvalue weighted by atomic mass is 16.1. The predicted molar refractivity (Wildman–Crippen MR) is 115 cm³/mol. The molecule has 0 saturated heterocycles. The standard InChI is InChI=1S/C24H22N4O2/c1-16(29)27-24(13-7-10-17-8-3-2-4-9-17)19-12-6-5-11-18(19)20-21(24)28-15-14-25-22(28)23(30)26-20/h2-6,8-9,11-12,14-15H,7,10,13H2,1H3,(H,26,30)(H,27,29). The number of nitrogens with one attached hydrogen (secondary N) is 2. The second-order valence-electron chi connectivity index (χ2n) is 7.77. The second-order valence-corrected chi connectivity index (χ2v) is 7.77. The molecule has 150 valence electrons. The zero-order chi connectivity index (χ0) is 20.7. The Morgan fingerprint density at radius 1 is 1.13 bits per heavy atom. The minimum Gasteiger partial charge on any atom is -0.341 e. The van der Waals surface area contributed by atoms with Gasteiger partial charge in [-0.1, -0.05) is 54.6 Å². The van der Waals surface area contributed by atoms with E-state index in [1.165, 1.54) is 12.5 Å². The molecule has 1 atom stereocenters. The van der Waals surface area contributed by atoms with E-state index in [-0.39, 0.29) is 11.5 Å². The molecule has 1 aliphatic rings. The quantitative estimate of drug-likeness (QED) is 0.541. The van der Waals surface area contributed by atoms with Gasteiger partial charge in [0.25, 0.3) is 5.56 Å². The van der Waals surface area contributed by atoms with Crippen LogP contribution in [-0.2, 0) is 16.8 Å². The molecule has 0 aliphatic heterocycles. The van der Waals surface area contributed by atoms with E-state index in [0.717, 1.165) is 35.4 Å². The molecular weight excluding hydrogens is 376 g/mol. The number of carbonyl (C=O) groups is 1. The van der Waals surface area contributed by atoms with Crippen molar-refractivity contribution in [2.24, 2.45) is 0 Å². The van der Waals surface area contributed by atoms with Crippen LogP contribution in [0.4, 0.5) is 0 Å². The van der Waals surface area contributed by atoms with Gasteiger partial charge in [0.2, 0.25) is 11.6 Å². The first-order valence-electron chi connectivity index (χ1n) is 10.1. The Labute approximate surface area is 173 Å². The van der Waals surface area contributed by atoms with E-state index in [2.05, 4.69) is 27.4 Å². The van der Waals surface area contributed by atoms with Gasteiger partial charge in [0, 0.05) is 24.9 Å². The van der Waals surface area contributed by atoms with Gasteiger partial charge in [-0.2, -0.15) is 0 Å². The maximum atomic E-state index is 12.6. The highest BCUT2D eigenvalue weighted by molar-refractivity contribution is 5.82. The molecule has 0 spiro atoms. The largest absolute Gasteiger partial charge is 0.341 e. The number of hydrogen-bond acceptors (Lipinski definition) is 3. The van der Waals surface area contributed by atoms with E-state index in [0.29, 0.717) is 12.1 Å². The second kappa shape index (κ2) is 6.99. The van der Waals surface area contributed by atoms with Gasteiger partial charge in [0.15, 0.2) is 0 Å². The molecule has 0 bridgehead atoms. The number of hydrogen-bond donors (Lipinski definition) is 2. The first-order valence-corrected chi connectivity index (χ1v) is 10.1. The van der Waals surface area contributed by atoms with Gasteiger partial charge < -0.3 is 10.3 Å². The molecule has 2 heterocycles. The van der Waals surface area contributed by atoms with Crippen molar-refractivity contribution in [2.45, 2.75) is 31.7 Å². The number of benzene rings is 2. The third-order valence-electron chi connectivity index (χ3n) is 5.87. The molecule has 1 unspecified atom stereocenters. The van der Waals surface area contributed by atoms with Crippen molar-refractivity contribution in [3.8, 4) is 11.3 Å². The van der Waals surface area contributed by atoms with Gasteiger partial charge in [0.05, 0.1) is 11.4 Å². The Balaban J connectivity index is 1.69. The van der Waals surface area contributed by atoms with Crippen LogP contribution in [0.1, 0.15) is 36.6 Å². The minimum atomic E-state index is -0.740. The SMILES string of the molecule is CC(=O)NC1(CCCc2ccccc2)c2ccccc2-c2[nH]c(=O)c3nccn3c21. The Morgan fingerprint density at radius 2 is 1.90 bits per heavy atom. The summed E-state index contributed by atoms with van der Waals surface area (Å²) in [6, 6.07) is 18.3. The molecule has 6 nitrogen and oxygen atoms in total. The normalized spacial score (nSPS) is 17.0. The molecule has 0 saturated carbocycles. The van der Waals surface area contributed by atoms with Gasteiger partial charge in [-0.3, -0.25) is 14.0 Å². The van der Waals surface area contributed by atoms with Crippen molar-refractivity contribution < 1.29 is 4.79 Å². The number of carbonyl (C=O) groups excluding carboxylic acids is 1. The van der Waals surface area contributed by atoms with Crippen LogP contribution in [0.25, 0.3) is 16.9 Å². The lowest BCUT2D eigenvalue weighted by molar-refractivity contribution is -0.120. The van der Waals surface area contributed by atoms with Crippen molar-refractivity contribution in [2.75, 3.05) is 0 Å². The zero-order valence-corrected chi connectivity index (χ0v) is 16.7. The van der Waals surface area contributed by atoms with Crippen LogP contribution in [0, 0.1) is 0 Å². The predicted octanol–water partition coefficient (Wildman–Crippen LogP) is 3.41. The highest BCUT2D eigenvalue weighted by Crippen LogP contribution is 2.48. The number of amides is 1. The summed E-state index contributed by atoms with van der Waals surface area (Å²) in [5.74, 6) is -0.114. The van der Waals surface area contributed by atoms with Gasteiger partial charge in [-0.25, -0.2) is 4.98 Å². The van der Waals surface area contributed by atoms with Gasteiger partial charge >= 0.3 is 0 Å². The Morgan fingerprint density at radius 3 is 2.70 bits per heavy atom. The molecule has 0 fully saturated rings. The van der Waals surface area contributed by atoms with E-state index in [1.807, 2.05) is 46.9 Å². The molecule has 2 N–H and O–H groups in total. The molecule has 0 radical (unpaired) electrons. The Kier molecular flexibility index (Phi) is 4.28. The third-order valence-corrected chi connectivity index (χ3v) is 5.87. The van der Waals surface area contributed by atoms with Crippen molar-refractivity contribution >= 4 is 11.6 Å². The topological polar surface area (TPSA) is 79.3 Å². The molecule has 2 aromatic carbocycles. The summed E-state index contributed by atoms with van der Waals surface area (Å²) >= 11 is 0. The van der Waals surface area contributed by atoms with Crippen molar-refractivity contribution in [3.05, 3.63) is 94.2 Å². The van der Waals surface area contributed by atoms with Crippen LogP contribution >= 0.6 is 0 Å². The summed E-state index contributed by atoms with van der Waals surface area (Å²) in [6.07, 6.45) is 5.88. The van der Waals surface area contributed by atoms with E-state index in [9.17, 15) is 9.59 Å². The molecule has 4 aromatic rings. The maximum Gasteiger partial charge on any atom is 0.292 e. The lowest BCUT2D eigenvalue weighted by Crippen LogP contribution is -2.46. The Bertz CT molecular complexity index is 1310.